The minimum atomic E-state index is -0.639. The molecule has 2 N–H and O–H groups in total. The summed E-state index contributed by atoms with van der Waals surface area (Å²) in [5, 5.41) is 11.6. The molecule has 0 saturated heterocycles. The average Bonchev–Trinajstić information content (AvgIpc) is 3.43. The van der Waals surface area contributed by atoms with Gasteiger partial charge in [0, 0.05) is 22.7 Å². The number of rotatable bonds is 9. The number of carbonyl (C=O) groups excluding carboxylic acids is 1. The van der Waals surface area contributed by atoms with Gasteiger partial charge in [0.15, 0.2) is 0 Å². The molecule has 11 heteroatoms. The molecule has 0 saturated carbocycles. The van der Waals surface area contributed by atoms with E-state index in [0.717, 1.165) is 5.56 Å². The molecule has 0 bridgehead atoms. The lowest BCUT2D eigenvalue weighted by atomic mass is 9.95. The lowest BCUT2D eigenvalue weighted by molar-refractivity contribution is -0.113. The molecular weight excluding hydrogens is 604 g/mol. The van der Waals surface area contributed by atoms with Crippen molar-refractivity contribution in [2.45, 2.75) is 30.5 Å². The van der Waals surface area contributed by atoms with E-state index in [4.69, 9.17) is 21.4 Å². The third-order valence-corrected chi connectivity index (χ3v) is 8.31. The number of amides is 1. The highest BCUT2D eigenvalue weighted by Gasteiger charge is 2.34. The number of thioether (sulfide) groups is 1. The second-order valence-electron chi connectivity index (χ2n) is 9.99. The molecule has 1 unspecified atom stereocenters. The van der Waals surface area contributed by atoms with Gasteiger partial charge in [-0.05, 0) is 60.5 Å². The molecule has 0 spiro atoms. The van der Waals surface area contributed by atoms with Gasteiger partial charge < -0.3 is 15.4 Å². The first-order valence-electron chi connectivity index (χ1n) is 13.7. The second-order valence-corrected chi connectivity index (χ2v) is 11.3. The van der Waals surface area contributed by atoms with Crippen LogP contribution in [0.5, 0.6) is 5.75 Å². The minimum absolute atomic E-state index is 0.0439. The topological polar surface area (TPSA) is 81.1 Å². The van der Waals surface area contributed by atoms with E-state index in [-0.39, 0.29) is 28.9 Å². The Hall–Kier alpha value is -4.67. The summed E-state index contributed by atoms with van der Waals surface area (Å²) in [5.74, 6) is 0.250. The predicted octanol–water partition coefficient (Wildman–Crippen LogP) is 8.01. The van der Waals surface area contributed by atoms with Crippen molar-refractivity contribution in [3.05, 3.63) is 142 Å². The molecule has 4 aromatic carbocycles. The number of hydrogen-bond donors (Lipinski definition) is 2. The molecule has 0 aliphatic carbocycles. The summed E-state index contributed by atoms with van der Waals surface area (Å²) in [6.45, 7) is 1.77. The summed E-state index contributed by atoms with van der Waals surface area (Å²) in [7, 11) is 0. The van der Waals surface area contributed by atoms with Crippen molar-refractivity contribution < 1.29 is 18.3 Å². The number of halogens is 3. The number of nitrogens with one attached hydrogen (secondary N) is 2. The lowest BCUT2D eigenvalue weighted by Crippen LogP contribution is -2.31. The van der Waals surface area contributed by atoms with E-state index < -0.39 is 11.9 Å². The van der Waals surface area contributed by atoms with Crippen LogP contribution in [0.4, 0.5) is 20.4 Å². The fourth-order valence-electron chi connectivity index (χ4n) is 4.84. The van der Waals surface area contributed by atoms with Crippen LogP contribution < -0.4 is 15.4 Å². The molecule has 1 amide bonds. The van der Waals surface area contributed by atoms with Crippen LogP contribution in [-0.2, 0) is 17.2 Å². The summed E-state index contributed by atoms with van der Waals surface area (Å²) in [6.07, 6.45) is 0. The number of hydrogen-bond acceptors (Lipinski definition) is 6. The van der Waals surface area contributed by atoms with E-state index in [9.17, 15) is 13.6 Å². The van der Waals surface area contributed by atoms with Crippen molar-refractivity contribution in [3.8, 4) is 5.75 Å². The molecule has 0 radical (unpaired) electrons. The Morgan fingerprint density at radius 1 is 0.977 bits per heavy atom. The van der Waals surface area contributed by atoms with Crippen LogP contribution in [0.1, 0.15) is 29.7 Å². The van der Waals surface area contributed by atoms with Gasteiger partial charge in [0.1, 0.15) is 30.0 Å². The van der Waals surface area contributed by atoms with Crippen molar-refractivity contribution >= 4 is 40.9 Å². The maximum absolute atomic E-state index is 14.2. The first kappa shape index (κ1) is 29.4. The summed E-state index contributed by atoms with van der Waals surface area (Å²) in [4.78, 5) is 18.4. The standard InChI is InChI=1S/C33H26ClF2N5O2S/c1-20-29(31(42)38-23-9-3-2-4-10-23)30(21-14-16-24(17-15-21)43-18-25-26(34)11-7-13-28(25)36)41-32(37-20)39-33(40-41)44-19-22-8-5-6-12-27(22)35/h2-17,30H,18-19H2,1H3,(H,38,42)(H,37,39,40). The second kappa shape index (κ2) is 12.9. The molecule has 222 valence electrons. The van der Waals surface area contributed by atoms with Gasteiger partial charge in [-0.3, -0.25) is 4.79 Å². The zero-order valence-electron chi connectivity index (χ0n) is 23.4. The van der Waals surface area contributed by atoms with Crippen LogP contribution in [-0.4, -0.2) is 20.7 Å². The number of para-hydroxylation sites is 1. The Morgan fingerprint density at radius 3 is 2.45 bits per heavy atom. The zero-order chi connectivity index (χ0) is 30.6. The van der Waals surface area contributed by atoms with Gasteiger partial charge in [0.05, 0.1) is 10.6 Å². The normalized spacial score (nSPS) is 14.1. The molecule has 1 atom stereocenters. The zero-order valence-corrected chi connectivity index (χ0v) is 25.0. The number of anilines is 2. The molecule has 7 nitrogen and oxygen atoms in total. The Bertz CT molecular complexity index is 1830. The minimum Gasteiger partial charge on any atom is -0.489 e. The van der Waals surface area contributed by atoms with Crippen LogP contribution in [0.3, 0.4) is 0 Å². The third kappa shape index (κ3) is 6.31. The van der Waals surface area contributed by atoms with E-state index in [2.05, 4.69) is 15.6 Å². The van der Waals surface area contributed by atoms with Gasteiger partial charge >= 0.3 is 0 Å². The molecule has 1 aliphatic rings. The lowest BCUT2D eigenvalue weighted by Gasteiger charge is -2.28. The van der Waals surface area contributed by atoms with Crippen molar-refractivity contribution in [1.82, 2.24) is 14.8 Å². The summed E-state index contributed by atoms with van der Waals surface area (Å²) < 4.78 is 36.0. The highest BCUT2D eigenvalue weighted by atomic mass is 35.5. The first-order valence-corrected chi connectivity index (χ1v) is 15.1. The molecule has 5 aromatic rings. The number of allylic oxidation sites excluding steroid dienone is 1. The molecular formula is C33H26ClF2N5O2S. The monoisotopic (exact) mass is 629 g/mol. The van der Waals surface area contributed by atoms with Crippen LogP contribution in [0.15, 0.2) is 113 Å². The molecule has 44 heavy (non-hydrogen) atoms. The fraction of sp³-hybridized carbons (Fsp3) is 0.121. The fourth-order valence-corrected chi connectivity index (χ4v) is 5.88. The first-order chi connectivity index (χ1) is 21.4. The quantitative estimate of drug-likeness (QED) is 0.161. The summed E-state index contributed by atoms with van der Waals surface area (Å²) in [5.41, 5.74) is 3.27. The molecule has 6 rings (SSSR count). The van der Waals surface area contributed by atoms with Crippen molar-refractivity contribution in [2.24, 2.45) is 0 Å². The molecule has 1 aromatic heterocycles. The Kier molecular flexibility index (Phi) is 8.63. The smallest absolute Gasteiger partial charge is 0.255 e. The number of ether oxygens (including phenoxy) is 1. The average molecular weight is 630 g/mol. The Morgan fingerprint density at radius 2 is 1.70 bits per heavy atom. The Balaban J connectivity index is 1.30. The molecule has 1 aliphatic heterocycles. The highest BCUT2D eigenvalue weighted by Crippen LogP contribution is 2.38. The number of carbonyl (C=O) groups is 1. The van der Waals surface area contributed by atoms with Crippen molar-refractivity contribution in [1.29, 1.82) is 0 Å². The maximum Gasteiger partial charge on any atom is 0.255 e. The highest BCUT2D eigenvalue weighted by molar-refractivity contribution is 7.98. The van der Waals surface area contributed by atoms with Crippen LogP contribution in [0, 0.1) is 11.6 Å². The van der Waals surface area contributed by atoms with Gasteiger partial charge in [0.2, 0.25) is 11.1 Å². The van der Waals surface area contributed by atoms with Crippen molar-refractivity contribution in [2.75, 3.05) is 10.6 Å². The Labute approximate surface area is 261 Å². The number of fused-ring (bicyclic) bond motifs is 1. The van der Waals surface area contributed by atoms with E-state index in [1.54, 1.807) is 41.1 Å². The van der Waals surface area contributed by atoms with Crippen LogP contribution in [0.25, 0.3) is 0 Å². The van der Waals surface area contributed by atoms with E-state index in [1.165, 1.54) is 30.0 Å². The van der Waals surface area contributed by atoms with Gasteiger partial charge in [-0.25, -0.2) is 13.5 Å². The molecule has 2 heterocycles. The van der Waals surface area contributed by atoms with E-state index in [1.807, 2.05) is 49.4 Å². The van der Waals surface area contributed by atoms with Gasteiger partial charge in [-0.1, -0.05) is 78.0 Å². The van der Waals surface area contributed by atoms with Gasteiger partial charge in [0.25, 0.3) is 5.91 Å². The number of benzene rings is 4. The van der Waals surface area contributed by atoms with Gasteiger partial charge in [-0.15, -0.1) is 5.10 Å². The van der Waals surface area contributed by atoms with E-state index in [0.29, 0.717) is 45.1 Å². The van der Waals surface area contributed by atoms with E-state index >= 15 is 0 Å². The summed E-state index contributed by atoms with van der Waals surface area (Å²) >= 11 is 7.45. The largest absolute Gasteiger partial charge is 0.489 e. The number of aromatic nitrogens is 3. The third-order valence-electron chi connectivity index (χ3n) is 7.06. The van der Waals surface area contributed by atoms with Crippen molar-refractivity contribution in [3.63, 3.8) is 0 Å². The van der Waals surface area contributed by atoms with Crippen LogP contribution in [0.2, 0.25) is 5.02 Å². The maximum atomic E-state index is 14.2. The van der Waals surface area contributed by atoms with Gasteiger partial charge in [-0.2, -0.15) is 4.98 Å². The summed E-state index contributed by atoms with van der Waals surface area (Å²) in [6, 6.07) is 26.7. The predicted molar refractivity (Wildman–Crippen MR) is 168 cm³/mol. The SMILES string of the molecule is CC1=C(C(=O)Nc2ccccc2)C(c2ccc(OCc3c(F)cccc3Cl)cc2)n2nc(SCc3ccccc3F)nc2N1. The number of nitrogens with zero attached hydrogens (tertiary/aromatic N) is 3. The van der Waals surface area contributed by atoms with Crippen LogP contribution >= 0.6 is 23.4 Å². The molecule has 0 fully saturated rings.